The van der Waals surface area contributed by atoms with E-state index in [1.165, 1.54) is 4.88 Å². The monoisotopic (exact) mass is 294 g/mol. The van der Waals surface area contributed by atoms with Crippen molar-refractivity contribution in [3.05, 3.63) is 20.8 Å². The molecule has 0 aliphatic carbocycles. The molecule has 0 saturated carbocycles. The van der Waals surface area contributed by atoms with Gasteiger partial charge in [-0.2, -0.15) is 0 Å². The summed E-state index contributed by atoms with van der Waals surface area (Å²) in [6, 6.07) is 4.02. The summed E-state index contributed by atoms with van der Waals surface area (Å²) < 4.78 is 11.4. The minimum absolute atomic E-state index is 0.0504. The highest BCUT2D eigenvalue weighted by Crippen LogP contribution is 2.23. The molecule has 4 nitrogen and oxygen atoms in total. The van der Waals surface area contributed by atoms with Crippen LogP contribution >= 0.6 is 27.3 Å². The number of hydrogen-bond acceptors (Lipinski definition) is 5. The third-order valence-electron chi connectivity index (χ3n) is 2.06. The zero-order chi connectivity index (χ0) is 11.3. The van der Waals surface area contributed by atoms with Crippen LogP contribution in [0.2, 0.25) is 0 Å². The summed E-state index contributed by atoms with van der Waals surface area (Å²) in [7, 11) is 3.20. The molecule has 0 aliphatic rings. The van der Waals surface area contributed by atoms with Gasteiger partial charge in [0.25, 0.3) is 0 Å². The predicted octanol–water partition coefficient (Wildman–Crippen LogP) is 1.50. The molecule has 0 saturated heterocycles. The summed E-state index contributed by atoms with van der Waals surface area (Å²) in [6.07, 6.45) is 0.440. The fourth-order valence-corrected chi connectivity index (χ4v) is 2.88. The molecule has 0 fully saturated rings. The Balaban J connectivity index is 2.60. The average Bonchev–Trinajstić information content (AvgIpc) is 2.64. The summed E-state index contributed by atoms with van der Waals surface area (Å²) in [4.78, 5) is 1.23. The van der Waals surface area contributed by atoms with E-state index in [0.29, 0.717) is 0 Å². The van der Waals surface area contributed by atoms with Crippen LogP contribution in [0.5, 0.6) is 0 Å². The molecule has 0 radical (unpaired) electrons. The van der Waals surface area contributed by atoms with Crippen LogP contribution in [0.1, 0.15) is 4.88 Å². The van der Waals surface area contributed by atoms with Crippen molar-refractivity contribution in [2.24, 2.45) is 5.84 Å². The second-order valence-electron chi connectivity index (χ2n) is 3.02. The van der Waals surface area contributed by atoms with Crippen LogP contribution in [0, 0.1) is 0 Å². The van der Waals surface area contributed by atoms with Crippen molar-refractivity contribution in [3.63, 3.8) is 0 Å². The topological polar surface area (TPSA) is 56.5 Å². The lowest BCUT2D eigenvalue weighted by molar-refractivity contribution is -0.122. The number of rotatable bonds is 6. The van der Waals surface area contributed by atoms with Crippen LogP contribution in [-0.2, 0) is 15.9 Å². The van der Waals surface area contributed by atoms with Crippen molar-refractivity contribution < 1.29 is 9.47 Å². The van der Waals surface area contributed by atoms with E-state index in [1.807, 2.05) is 6.07 Å². The van der Waals surface area contributed by atoms with Gasteiger partial charge in [-0.25, -0.2) is 0 Å². The van der Waals surface area contributed by atoms with Crippen molar-refractivity contribution in [1.29, 1.82) is 0 Å². The first-order chi connectivity index (χ1) is 7.21. The molecular weight excluding hydrogens is 280 g/mol. The summed E-state index contributed by atoms with van der Waals surface area (Å²) in [6.45, 7) is 0. The summed E-state index contributed by atoms with van der Waals surface area (Å²) >= 11 is 5.10. The zero-order valence-electron chi connectivity index (χ0n) is 8.70. The van der Waals surface area contributed by atoms with Gasteiger partial charge in [0.1, 0.15) is 0 Å². The van der Waals surface area contributed by atoms with Crippen LogP contribution in [-0.4, -0.2) is 26.6 Å². The van der Waals surface area contributed by atoms with Crippen molar-refractivity contribution in [1.82, 2.24) is 5.43 Å². The summed E-state index contributed by atoms with van der Waals surface area (Å²) in [5.41, 5.74) is 2.70. The minimum atomic E-state index is -0.337. The SMILES string of the molecule is COC(OC)C(Cc1ccc(Br)s1)NN. The molecule has 0 spiro atoms. The van der Waals surface area contributed by atoms with E-state index in [9.17, 15) is 0 Å². The normalized spacial score (nSPS) is 13.4. The number of methoxy groups -OCH3 is 2. The highest BCUT2D eigenvalue weighted by molar-refractivity contribution is 9.11. The smallest absolute Gasteiger partial charge is 0.173 e. The van der Waals surface area contributed by atoms with Gasteiger partial charge in [0, 0.05) is 25.5 Å². The average molecular weight is 295 g/mol. The lowest BCUT2D eigenvalue weighted by atomic mass is 10.2. The number of hydrazine groups is 1. The van der Waals surface area contributed by atoms with Gasteiger partial charge in [-0.3, -0.25) is 11.3 Å². The van der Waals surface area contributed by atoms with Gasteiger partial charge in [-0.1, -0.05) is 0 Å². The Labute approximate surface area is 102 Å². The van der Waals surface area contributed by atoms with E-state index in [-0.39, 0.29) is 12.3 Å². The molecule has 1 rings (SSSR count). The number of nitrogens with two attached hydrogens (primary N) is 1. The molecule has 0 aromatic carbocycles. The fraction of sp³-hybridized carbons (Fsp3) is 0.556. The highest BCUT2D eigenvalue weighted by Gasteiger charge is 2.20. The Kier molecular flexibility index (Phi) is 5.73. The lowest BCUT2D eigenvalue weighted by Gasteiger charge is -2.23. The fourth-order valence-electron chi connectivity index (χ4n) is 1.34. The molecule has 6 heteroatoms. The number of thiophene rings is 1. The summed E-state index contributed by atoms with van der Waals surface area (Å²) in [5.74, 6) is 5.46. The second-order valence-corrected chi connectivity index (χ2v) is 5.57. The first-order valence-electron chi connectivity index (χ1n) is 4.47. The first kappa shape index (κ1) is 13.1. The maximum Gasteiger partial charge on any atom is 0.173 e. The number of nitrogens with one attached hydrogen (secondary N) is 1. The van der Waals surface area contributed by atoms with Gasteiger partial charge >= 0.3 is 0 Å². The third-order valence-corrected chi connectivity index (χ3v) is 3.70. The van der Waals surface area contributed by atoms with Crippen LogP contribution in [0.4, 0.5) is 0 Å². The van der Waals surface area contributed by atoms with Crippen LogP contribution < -0.4 is 11.3 Å². The van der Waals surface area contributed by atoms with Gasteiger partial charge in [0.15, 0.2) is 6.29 Å². The molecule has 1 unspecified atom stereocenters. The molecule has 3 N–H and O–H groups in total. The Morgan fingerprint density at radius 3 is 2.53 bits per heavy atom. The van der Waals surface area contributed by atoms with E-state index in [4.69, 9.17) is 15.3 Å². The van der Waals surface area contributed by atoms with Crippen molar-refractivity contribution in [2.45, 2.75) is 18.8 Å². The van der Waals surface area contributed by atoms with E-state index < -0.39 is 0 Å². The molecule has 1 aromatic heterocycles. The predicted molar refractivity (Wildman–Crippen MR) is 64.6 cm³/mol. The van der Waals surface area contributed by atoms with Gasteiger partial charge in [-0.15, -0.1) is 11.3 Å². The quantitative estimate of drug-likeness (QED) is 0.474. The summed E-state index contributed by atoms with van der Waals surface area (Å²) in [5, 5.41) is 0. The molecule has 1 aromatic rings. The standard InChI is InChI=1S/C9H15BrN2O2S/c1-13-9(14-2)7(12-11)5-6-3-4-8(10)15-6/h3-4,7,9,12H,5,11H2,1-2H3. The maximum atomic E-state index is 5.46. The molecular formula is C9H15BrN2O2S. The van der Waals surface area contributed by atoms with E-state index >= 15 is 0 Å². The third kappa shape index (κ3) is 3.82. The molecule has 0 bridgehead atoms. The molecule has 1 atom stereocenters. The van der Waals surface area contributed by atoms with Crippen molar-refractivity contribution in [3.8, 4) is 0 Å². The first-order valence-corrected chi connectivity index (χ1v) is 6.08. The Morgan fingerprint density at radius 1 is 1.47 bits per heavy atom. The Hall–Kier alpha value is 0.0200. The zero-order valence-corrected chi connectivity index (χ0v) is 11.1. The van der Waals surface area contributed by atoms with Crippen LogP contribution in [0.15, 0.2) is 15.9 Å². The number of halogens is 1. The largest absolute Gasteiger partial charge is 0.354 e. The maximum absolute atomic E-state index is 5.46. The number of ether oxygens (including phenoxy) is 2. The highest BCUT2D eigenvalue weighted by atomic mass is 79.9. The lowest BCUT2D eigenvalue weighted by Crippen LogP contribution is -2.47. The van der Waals surface area contributed by atoms with Crippen molar-refractivity contribution in [2.75, 3.05) is 14.2 Å². The van der Waals surface area contributed by atoms with Crippen LogP contribution in [0.25, 0.3) is 0 Å². The van der Waals surface area contributed by atoms with Crippen molar-refractivity contribution >= 4 is 27.3 Å². The molecule has 1 heterocycles. The second kappa shape index (κ2) is 6.57. The Morgan fingerprint density at radius 2 is 2.13 bits per heavy atom. The minimum Gasteiger partial charge on any atom is -0.354 e. The van der Waals surface area contributed by atoms with E-state index in [2.05, 4.69) is 27.4 Å². The van der Waals surface area contributed by atoms with Gasteiger partial charge in [0.05, 0.1) is 9.83 Å². The van der Waals surface area contributed by atoms with Gasteiger partial charge in [-0.05, 0) is 28.1 Å². The van der Waals surface area contributed by atoms with E-state index in [0.717, 1.165) is 10.2 Å². The molecule has 0 aliphatic heterocycles. The van der Waals surface area contributed by atoms with E-state index in [1.54, 1.807) is 25.6 Å². The van der Waals surface area contributed by atoms with Crippen LogP contribution in [0.3, 0.4) is 0 Å². The molecule has 86 valence electrons. The molecule has 0 amide bonds. The van der Waals surface area contributed by atoms with Gasteiger partial charge in [0.2, 0.25) is 0 Å². The van der Waals surface area contributed by atoms with Gasteiger partial charge < -0.3 is 9.47 Å². The number of hydrogen-bond donors (Lipinski definition) is 2. The molecule has 15 heavy (non-hydrogen) atoms. The Bertz CT molecular complexity index is 291.